The molecule has 3 aromatic heterocycles. The standard InChI is InChI=1S/C32H36N6O3/c1-19-14-35-29-24(19)13-23(16-36-29)22-11-21-8-10-37(30(39)27-17-33-20(2)15-34-27)18-26(21)25(12-22)28-7-6-9-38(28)31(40)41-32(3,4)5/h11-17,28H,6-10,18H2,1-5H3,(H,35,36). The van der Waals surface area contributed by atoms with E-state index in [1.807, 2.05) is 49.9 Å². The van der Waals surface area contributed by atoms with Crippen LogP contribution in [0.2, 0.25) is 0 Å². The third-order valence-electron chi connectivity index (χ3n) is 7.98. The number of ether oxygens (including phenoxy) is 1. The SMILES string of the molecule is Cc1cnc(C(=O)N2CCc3cc(-c4cnc5[nH]cc(C)c5c4)cc(C4CCCN4C(=O)OC(C)(C)C)c3C2)cn1. The predicted molar refractivity (Wildman–Crippen MR) is 156 cm³/mol. The fourth-order valence-corrected chi connectivity index (χ4v) is 5.92. The van der Waals surface area contributed by atoms with Crippen LogP contribution in [0.15, 0.2) is 43.0 Å². The Kier molecular flexibility index (Phi) is 6.76. The molecule has 212 valence electrons. The number of nitrogens with one attached hydrogen (secondary N) is 1. The summed E-state index contributed by atoms with van der Waals surface area (Å²) < 4.78 is 5.81. The topological polar surface area (TPSA) is 104 Å². The third kappa shape index (κ3) is 5.28. The largest absolute Gasteiger partial charge is 0.444 e. The lowest BCUT2D eigenvalue weighted by atomic mass is 9.86. The van der Waals surface area contributed by atoms with Crippen molar-refractivity contribution in [1.82, 2.24) is 29.7 Å². The van der Waals surface area contributed by atoms with Gasteiger partial charge < -0.3 is 19.5 Å². The van der Waals surface area contributed by atoms with Gasteiger partial charge in [0.2, 0.25) is 0 Å². The van der Waals surface area contributed by atoms with Crippen LogP contribution in [-0.2, 0) is 17.7 Å². The number of fused-ring (bicyclic) bond motifs is 2. The van der Waals surface area contributed by atoms with E-state index in [-0.39, 0.29) is 18.0 Å². The van der Waals surface area contributed by atoms with Gasteiger partial charge in [-0.15, -0.1) is 0 Å². The summed E-state index contributed by atoms with van der Waals surface area (Å²) in [7, 11) is 0. The van der Waals surface area contributed by atoms with Crippen molar-refractivity contribution in [2.24, 2.45) is 0 Å². The second kappa shape index (κ2) is 10.3. The maximum absolute atomic E-state index is 13.4. The number of hydrogen-bond donors (Lipinski definition) is 1. The van der Waals surface area contributed by atoms with E-state index in [4.69, 9.17) is 4.74 Å². The van der Waals surface area contributed by atoms with Crippen LogP contribution in [0.25, 0.3) is 22.2 Å². The van der Waals surface area contributed by atoms with E-state index in [9.17, 15) is 9.59 Å². The molecular formula is C32H36N6O3. The second-order valence-corrected chi connectivity index (χ2v) is 12.1. The molecule has 0 bridgehead atoms. The normalized spacial score (nSPS) is 17.1. The van der Waals surface area contributed by atoms with Crippen molar-refractivity contribution in [3.8, 4) is 11.1 Å². The van der Waals surface area contributed by atoms with Crippen LogP contribution in [0, 0.1) is 13.8 Å². The third-order valence-corrected chi connectivity index (χ3v) is 7.98. The summed E-state index contributed by atoms with van der Waals surface area (Å²) in [5.74, 6) is -0.133. The van der Waals surface area contributed by atoms with Crippen molar-refractivity contribution in [1.29, 1.82) is 0 Å². The highest BCUT2D eigenvalue weighted by molar-refractivity contribution is 5.92. The van der Waals surface area contributed by atoms with E-state index < -0.39 is 5.60 Å². The Morgan fingerprint density at radius 3 is 2.59 bits per heavy atom. The molecule has 5 heterocycles. The Bertz CT molecular complexity index is 1640. The number of carbonyl (C=O) groups is 2. The maximum Gasteiger partial charge on any atom is 0.410 e. The summed E-state index contributed by atoms with van der Waals surface area (Å²) in [5.41, 5.74) is 7.99. The number of amides is 2. The molecule has 4 aromatic rings. The number of aromatic nitrogens is 4. The average Bonchev–Trinajstić information content (AvgIpc) is 3.58. The number of pyridine rings is 1. The first-order valence-corrected chi connectivity index (χ1v) is 14.2. The number of carbonyl (C=O) groups excluding carboxylic acids is 2. The van der Waals surface area contributed by atoms with Gasteiger partial charge in [0.05, 0.1) is 17.9 Å². The molecule has 0 aliphatic carbocycles. The molecule has 2 aliphatic rings. The molecule has 41 heavy (non-hydrogen) atoms. The Balaban J connectivity index is 1.42. The fraction of sp³-hybridized carbons (Fsp3) is 0.406. The first-order valence-electron chi connectivity index (χ1n) is 14.2. The van der Waals surface area contributed by atoms with E-state index in [1.165, 1.54) is 5.56 Å². The molecule has 2 aliphatic heterocycles. The second-order valence-electron chi connectivity index (χ2n) is 12.1. The fourth-order valence-electron chi connectivity index (χ4n) is 5.92. The van der Waals surface area contributed by atoms with Crippen molar-refractivity contribution in [2.45, 2.75) is 72.1 Å². The van der Waals surface area contributed by atoms with Crippen LogP contribution in [0.3, 0.4) is 0 Å². The van der Waals surface area contributed by atoms with Gasteiger partial charge >= 0.3 is 6.09 Å². The number of aromatic amines is 1. The summed E-state index contributed by atoms with van der Waals surface area (Å²) in [4.78, 5) is 46.9. The Labute approximate surface area is 240 Å². The molecule has 6 rings (SSSR count). The zero-order valence-corrected chi connectivity index (χ0v) is 24.3. The number of rotatable bonds is 3. The first-order chi connectivity index (χ1) is 19.6. The highest BCUT2D eigenvalue weighted by Gasteiger charge is 2.36. The number of H-pyrrole nitrogens is 1. The molecule has 1 aromatic carbocycles. The molecule has 9 nitrogen and oxygen atoms in total. The number of benzene rings is 1. The van der Waals surface area contributed by atoms with Crippen molar-refractivity contribution >= 4 is 23.0 Å². The van der Waals surface area contributed by atoms with Crippen molar-refractivity contribution in [3.05, 3.63) is 76.6 Å². The van der Waals surface area contributed by atoms with Gasteiger partial charge in [-0.25, -0.2) is 14.8 Å². The zero-order chi connectivity index (χ0) is 28.9. The Morgan fingerprint density at radius 1 is 1.00 bits per heavy atom. The Hall–Kier alpha value is -4.27. The summed E-state index contributed by atoms with van der Waals surface area (Å²) in [5, 5.41) is 1.09. The molecular weight excluding hydrogens is 516 g/mol. The van der Waals surface area contributed by atoms with Gasteiger partial charge in [0.15, 0.2) is 0 Å². The molecule has 0 radical (unpaired) electrons. The van der Waals surface area contributed by atoms with Crippen LogP contribution >= 0.6 is 0 Å². The van der Waals surface area contributed by atoms with E-state index in [1.54, 1.807) is 12.4 Å². The molecule has 0 spiro atoms. The maximum atomic E-state index is 13.4. The average molecular weight is 553 g/mol. The molecule has 0 saturated carbocycles. The number of likely N-dealkylation sites (tertiary alicyclic amines) is 1. The van der Waals surface area contributed by atoms with Crippen molar-refractivity contribution in [3.63, 3.8) is 0 Å². The minimum atomic E-state index is -0.584. The van der Waals surface area contributed by atoms with Crippen molar-refractivity contribution in [2.75, 3.05) is 13.1 Å². The van der Waals surface area contributed by atoms with Crippen LogP contribution < -0.4 is 0 Å². The van der Waals surface area contributed by atoms with E-state index >= 15 is 0 Å². The highest BCUT2D eigenvalue weighted by atomic mass is 16.6. The lowest BCUT2D eigenvalue weighted by molar-refractivity contribution is 0.0222. The molecule has 1 atom stereocenters. The molecule has 1 fully saturated rings. The molecule has 2 amide bonds. The number of aryl methyl sites for hydroxylation is 2. The van der Waals surface area contributed by atoms with Gasteiger partial charge in [0.1, 0.15) is 16.9 Å². The molecule has 1 saturated heterocycles. The van der Waals surface area contributed by atoms with Crippen LogP contribution in [-0.4, -0.2) is 60.4 Å². The predicted octanol–water partition coefficient (Wildman–Crippen LogP) is 5.91. The van der Waals surface area contributed by atoms with E-state index in [2.05, 4.69) is 45.1 Å². The highest BCUT2D eigenvalue weighted by Crippen LogP contribution is 2.40. The van der Waals surface area contributed by atoms with Crippen molar-refractivity contribution < 1.29 is 14.3 Å². The summed E-state index contributed by atoms with van der Waals surface area (Å²) >= 11 is 0. The van der Waals surface area contributed by atoms with Gasteiger partial charge in [0.25, 0.3) is 5.91 Å². The van der Waals surface area contributed by atoms with E-state index in [0.717, 1.165) is 57.4 Å². The molecule has 1 N–H and O–H groups in total. The summed E-state index contributed by atoms with van der Waals surface area (Å²) in [6.45, 7) is 11.3. The summed E-state index contributed by atoms with van der Waals surface area (Å²) in [6.07, 6.45) is 9.17. The molecule has 1 unspecified atom stereocenters. The van der Waals surface area contributed by atoms with Gasteiger partial charge in [-0.2, -0.15) is 0 Å². The zero-order valence-electron chi connectivity index (χ0n) is 24.3. The smallest absolute Gasteiger partial charge is 0.410 e. The van der Waals surface area contributed by atoms with Crippen LogP contribution in [0.5, 0.6) is 0 Å². The minimum Gasteiger partial charge on any atom is -0.444 e. The quantitative estimate of drug-likeness (QED) is 0.339. The minimum absolute atomic E-state index is 0.133. The number of hydrogen-bond acceptors (Lipinski definition) is 6. The van der Waals surface area contributed by atoms with Gasteiger partial charge in [-0.05, 0) is 93.8 Å². The monoisotopic (exact) mass is 552 g/mol. The van der Waals surface area contributed by atoms with Gasteiger partial charge in [0, 0.05) is 49.2 Å². The number of nitrogens with zero attached hydrogens (tertiary/aromatic N) is 5. The lowest BCUT2D eigenvalue weighted by Crippen LogP contribution is -2.39. The van der Waals surface area contributed by atoms with E-state index in [0.29, 0.717) is 31.7 Å². The van der Waals surface area contributed by atoms with Crippen LogP contribution in [0.1, 0.15) is 78.1 Å². The lowest BCUT2D eigenvalue weighted by Gasteiger charge is -2.34. The van der Waals surface area contributed by atoms with Gasteiger partial charge in [-0.3, -0.25) is 9.78 Å². The summed E-state index contributed by atoms with van der Waals surface area (Å²) in [6, 6.07) is 6.45. The van der Waals surface area contributed by atoms with Crippen LogP contribution in [0.4, 0.5) is 4.79 Å². The first kappa shape index (κ1) is 26.9. The molecule has 9 heteroatoms. The Morgan fingerprint density at radius 2 is 1.83 bits per heavy atom. The van der Waals surface area contributed by atoms with Gasteiger partial charge in [-0.1, -0.05) is 6.07 Å².